The summed E-state index contributed by atoms with van der Waals surface area (Å²) < 4.78 is 0. The molecule has 0 saturated heterocycles. The molecule has 0 amide bonds. The first-order chi connectivity index (χ1) is 9.39. The normalized spacial score (nSPS) is 18.9. The number of hydrogen-bond donors (Lipinski definition) is 1. The van der Waals surface area contributed by atoms with Crippen LogP contribution in [0.25, 0.3) is 0 Å². The zero-order valence-electron chi connectivity index (χ0n) is 13.4. The van der Waals surface area contributed by atoms with Gasteiger partial charge in [0.15, 0.2) is 0 Å². The number of nitrogens with zero attached hydrogens (tertiary/aromatic N) is 2. The van der Waals surface area contributed by atoms with Gasteiger partial charge in [0.1, 0.15) is 5.82 Å². The molecule has 20 heavy (non-hydrogen) atoms. The van der Waals surface area contributed by atoms with Gasteiger partial charge in [-0.15, -0.1) is 0 Å². The van der Waals surface area contributed by atoms with Crippen molar-refractivity contribution >= 4 is 11.8 Å². The number of aryl methyl sites for hydroxylation is 2. The average molecular weight is 293 g/mol. The highest BCUT2D eigenvalue weighted by Gasteiger charge is 2.23. The molecule has 3 nitrogen and oxygen atoms in total. The maximum atomic E-state index is 4.75. The first-order valence-electron chi connectivity index (χ1n) is 7.48. The third-order valence-corrected chi connectivity index (χ3v) is 4.37. The van der Waals surface area contributed by atoms with Gasteiger partial charge in [0.2, 0.25) is 0 Å². The SMILES string of the molecule is CSCc1nc(C)c2c(n1)CCC(CNC(C)(C)C)C2. The Hall–Kier alpha value is -0.610. The van der Waals surface area contributed by atoms with E-state index in [9.17, 15) is 0 Å². The maximum absolute atomic E-state index is 4.75. The standard InChI is InChI=1S/C16H27N3S/c1-11-13-8-12(9-17-16(2,3)4)6-7-14(13)19-15(18-11)10-20-5/h12,17H,6-10H2,1-5H3. The highest BCUT2D eigenvalue weighted by molar-refractivity contribution is 7.97. The second-order valence-corrected chi connectivity index (χ2v) is 7.69. The molecule has 0 bridgehead atoms. The Balaban J connectivity index is 2.06. The lowest BCUT2D eigenvalue weighted by molar-refractivity contribution is 0.346. The van der Waals surface area contributed by atoms with Crippen LogP contribution in [0.4, 0.5) is 0 Å². The first kappa shape index (κ1) is 15.8. The minimum absolute atomic E-state index is 0.202. The van der Waals surface area contributed by atoms with Crippen LogP contribution in [0, 0.1) is 12.8 Å². The quantitative estimate of drug-likeness (QED) is 0.925. The van der Waals surface area contributed by atoms with Crippen molar-refractivity contribution in [2.24, 2.45) is 5.92 Å². The van der Waals surface area contributed by atoms with Crippen LogP contribution in [0.2, 0.25) is 0 Å². The molecule has 2 rings (SSSR count). The Kier molecular flexibility index (Phi) is 5.08. The number of rotatable bonds is 4. The van der Waals surface area contributed by atoms with E-state index in [1.807, 2.05) is 0 Å². The molecule has 1 aromatic rings. The van der Waals surface area contributed by atoms with Crippen molar-refractivity contribution in [2.75, 3.05) is 12.8 Å². The maximum Gasteiger partial charge on any atom is 0.138 e. The van der Waals surface area contributed by atoms with Crippen molar-refractivity contribution in [3.63, 3.8) is 0 Å². The molecule has 0 spiro atoms. The van der Waals surface area contributed by atoms with Gasteiger partial charge in [0.25, 0.3) is 0 Å². The molecule has 112 valence electrons. The van der Waals surface area contributed by atoms with Crippen molar-refractivity contribution in [1.29, 1.82) is 0 Å². The summed E-state index contributed by atoms with van der Waals surface area (Å²) >= 11 is 1.79. The van der Waals surface area contributed by atoms with Gasteiger partial charge in [-0.05, 0) is 71.2 Å². The molecule has 0 radical (unpaired) electrons. The van der Waals surface area contributed by atoms with Crippen LogP contribution in [-0.4, -0.2) is 28.3 Å². The molecule has 0 aliphatic heterocycles. The summed E-state index contributed by atoms with van der Waals surface area (Å²) in [7, 11) is 0. The number of thioether (sulfide) groups is 1. The summed E-state index contributed by atoms with van der Waals surface area (Å²) in [4.78, 5) is 9.42. The molecule has 4 heteroatoms. The first-order valence-corrected chi connectivity index (χ1v) is 8.87. The molecular weight excluding hydrogens is 266 g/mol. The predicted molar refractivity (Wildman–Crippen MR) is 87.3 cm³/mol. The lowest BCUT2D eigenvalue weighted by atomic mass is 9.85. The van der Waals surface area contributed by atoms with E-state index in [0.29, 0.717) is 0 Å². The lowest BCUT2D eigenvalue weighted by Gasteiger charge is -2.29. The van der Waals surface area contributed by atoms with Gasteiger partial charge in [-0.1, -0.05) is 0 Å². The monoisotopic (exact) mass is 293 g/mol. The minimum Gasteiger partial charge on any atom is -0.312 e. The highest BCUT2D eigenvalue weighted by Crippen LogP contribution is 2.26. The van der Waals surface area contributed by atoms with Crippen molar-refractivity contribution in [3.8, 4) is 0 Å². The third-order valence-electron chi connectivity index (χ3n) is 3.82. The molecule has 0 fully saturated rings. The van der Waals surface area contributed by atoms with Crippen LogP contribution in [0.1, 0.15) is 50.0 Å². The Bertz CT molecular complexity index is 466. The van der Waals surface area contributed by atoms with E-state index in [1.165, 1.54) is 23.4 Å². The fourth-order valence-corrected chi connectivity index (χ4v) is 3.13. The van der Waals surface area contributed by atoms with E-state index in [1.54, 1.807) is 11.8 Å². The van der Waals surface area contributed by atoms with Crippen LogP contribution in [0.3, 0.4) is 0 Å². The van der Waals surface area contributed by atoms with E-state index < -0.39 is 0 Å². The number of hydrogen-bond acceptors (Lipinski definition) is 4. The zero-order chi connectivity index (χ0) is 14.8. The van der Waals surface area contributed by atoms with Gasteiger partial charge in [-0.2, -0.15) is 11.8 Å². The van der Waals surface area contributed by atoms with Crippen LogP contribution >= 0.6 is 11.8 Å². The molecule has 1 atom stereocenters. The molecule has 1 heterocycles. The van der Waals surface area contributed by atoms with E-state index >= 15 is 0 Å². The van der Waals surface area contributed by atoms with Gasteiger partial charge < -0.3 is 5.32 Å². The summed E-state index contributed by atoms with van der Waals surface area (Å²) in [5, 5.41) is 3.63. The van der Waals surface area contributed by atoms with E-state index in [4.69, 9.17) is 4.98 Å². The summed E-state index contributed by atoms with van der Waals surface area (Å²) in [5.74, 6) is 2.64. The number of aromatic nitrogens is 2. The third kappa shape index (κ3) is 4.19. The van der Waals surface area contributed by atoms with Crippen LogP contribution < -0.4 is 5.32 Å². The molecule has 0 saturated carbocycles. The fraction of sp³-hybridized carbons (Fsp3) is 0.750. The molecule has 1 aromatic heterocycles. The predicted octanol–water partition coefficient (Wildman–Crippen LogP) is 3.14. The van der Waals surface area contributed by atoms with Crippen molar-refractivity contribution in [2.45, 2.75) is 58.2 Å². The molecular formula is C16H27N3S. The molecule has 1 aliphatic carbocycles. The van der Waals surface area contributed by atoms with Crippen molar-refractivity contribution in [1.82, 2.24) is 15.3 Å². The number of fused-ring (bicyclic) bond motifs is 1. The summed E-state index contributed by atoms with van der Waals surface area (Å²) in [6.45, 7) is 9.92. The second kappa shape index (κ2) is 6.44. The van der Waals surface area contributed by atoms with Gasteiger partial charge >= 0.3 is 0 Å². The number of nitrogens with one attached hydrogen (secondary N) is 1. The van der Waals surface area contributed by atoms with Gasteiger partial charge in [-0.25, -0.2) is 9.97 Å². The molecule has 0 aromatic carbocycles. The second-order valence-electron chi connectivity index (χ2n) is 6.82. The Morgan fingerprint density at radius 1 is 1.30 bits per heavy atom. The minimum atomic E-state index is 0.202. The van der Waals surface area contributed by atoms with E-state index in [0.717, 1.165) is 36.9 Å². The van der Waals surface area contributed by atoms with Crippen LogP contribution in [0.15, 0.2) is 0 Å². The lowest BCUT2D eigenvalue weighted by Crippen LogP contribution is -2.40. The summed E-state index contributed by atoms with van der Waals surface area (Å²) in [6, 6.07) is 0. The average Bonchev–Trinajstić information content (AvgIpc) is 2.36. The highest BCUT2D eigenvalue weighted by atomic mass is 32.2. The molecule has 1 unspecified atom stereocenters. The smallest absolute Gasteiger partial charge is 0.138 e. The van der Waals surface area contributed by atoms with E-state index in [-0.39, 0.29) is 5.54 Å². The van der Waals surface area contributed by atoms with Crippen LogP contribution in [0.5, 0.6) is 0 Å². The van der Waals surface area contributed by atoms with Gasteiger partial charge in [0.05, 0.1) is 5.75 Å². The Morgan fingerprint density at radius 2 is 2.05 bits per heavy atom. The fourth-order valence-electron chi connectivity index (χ4n) is 2.74. The van der Waals surface area contributed by atoms with Gasteiger partial charge in [-0.3, -0.25) is 0 Å². The largest absolute Gasteiger partial charge is 0.312 e. The van der Waals surface area contributed by atoms with E-state index in [2.05, 4.69) is 44.3 Å². The summed E-state index contributed by atoms with van der Waals surface area (Å²) in [6.07, 6.45) is 5.58. The van der Waals surface area contributed by atoms with Crippen molar-refractivity contribution in [3.05, 3.63) is 22.8 Å². The zero-order valence-corrected chi connectivity index (χ0v) is 14.2. The Labute approximate surface area is 127 Å². The topological polar surface area (TPSA) is 37.8 Å². The summed E-state index contributed by atoms with van der Waals surface area (Å²) in [5.41, 5.74) is 4.10. The Morgan fingerprint density at radius 3 is 2.70 bits per heavy atom. The van der Waals surface area contributed by atoms with Crippen LogP contribution in [-0.2, 0) is 18.6 Å². The molecule has 1 aliphatic rings. The molecule has 1 N–H and O–H groups in total. The van der Waals surface area contributed by atoms with Gasteiger partial charge in [0, 0.05) is 16.9 Å². The van der Waals surface area contributed by atoms with Crippen molar-refractivity contribution < 1.29 is 0 Å².